The fraction of sp³-hybridized carbons (Fsp3) is 0.227. The summed E-state index contributed by atoms with van der Waals surface area (Å²) in [6, 6.07) is 11.6. The summed E-state index contributed by atoms with van der Waals surface area (Å²) in [4.78, 5) is 27.7. The second-order valence-corrected chi connectivity index (χ2v) is 8.65. The number of benzene rings is 2. The van der Waals surface area contributed by atoms with Gasteiger partial charge in [0.1, 0.15) is 10.8 Å². The minimum atomic E-state index is -0.263. The molecule has 2 amide bonds. The second kappa shape index (κ2) is 8.86. The number of carbonyl (C=O) groups is 2. The molecule has 160 valence electrons. The average Bonchev–Trinajstić information content (AvgIpc) is 3.16. The summed E-state index contributed by atoms with van der Waals surface area (Å²) in [5.41, 5.74) is 2.51. The Hall–Kier alpha value is -2.61. The molecule has 2 aromatic carbocycles. The first-order valence-corrected chi connectivity index (χ1v) is 11.1. The topological polar surface area (TPSA) is 71.5 Å². The average molecular weight is 476 g/mol. The summed E-state index contributed by atoms with van der Waals surface area (Å²) < 4.78 is 9.61. The third-order valence-electron chi connectivity index (χ3n) is 5.19. The molecule has 1 aromatic heterocycles. The molecule has 1 N–H and O–H groups in total. The number of aryl methyl sites for hydroxylation is 1. The number of hydrogen-bond donors (Lipinski definition) is 1. The molecule has 3 aromatic rings. The van der Waals surface area contributed by atoms with E-state index in [0.29, 0.717) is 39.9 Å². The van der Waals surface area contributed by atoms with Crippen LogP contribution in [-0.2, 0) is 0 Å². The van der Waals surface area contributed by atoms with Crippen molar-refractivity contribution in [2.24, 2.45) is 0 Å². The van der Waals surface area contributed by atoms with Crippen molar-refractivity contribution in [1.29, 1.82) is 0 Å². The minimum absolute atomic E-state index is 0.176. The first kappa shape index (κ1) is 21.6. The van der Waals surface area contributed by atoms with Crippen LogP contribution in [0, 0.1) is 6.92 Å². The lowest BCUT2D eigenvalue weighted by Gasteiger charge is -2.32. The summed E-state index contributed by atoms with van der Waals surface area (Å²) in [6.07, 6.45) is 0.554. The molecule has 0 aliphatic carbocycles. The Morgan fingerprint density at radius 3 is 2.68 bits per heavy atom. The van der Waals surface area contributed by atoms with Crippen LogP contribution in [0.15, 0.2) is 42.5 Å². The van der Waals surface area contributed by atoms with Gasteiger partial charge in [0, 0.05) is 17.7 Å². The number of anilines is 1. The van der Waals surface area contributed by atoms with Gasteiger partial charge < -0.3 is 10.1 Å². The lowest BCUT2D eigenvalue weighted by molar-refractivity contribution is 0.0933. The van der Waals surface area contributed by atoms with Gasteiger partial charge in [0.25, 0.3) is 11.8 Å². The zero-order valence-electron chi connectivity index (χ0n) is 16.8. The Bertz CT molecular complexity index is 1160. The number of aromatic nitrogens is 1. The molecule has 1 atom stereocenters. The van der Waals surface area contributed by atoms with E-state index in [-0.39, 0.29) is 17.9 Å². The molecule has 0 fully saturated rings. The molecule has 0 spiro atoms. The van der Waals surface area contributed by atoms with E-state index in [0.717, 1.165) is 16.3 Å². The molecular formula is C22H19Cl2N3O3S. The van der Waals surface area contributed by atoms with Gasteiger partial charge in [-0.25, -0.2) is 0 Å². The van der Waals surface area contributed by atoms with E-state index >= 15 is 0 Å². The second-order valence-electron chi connectivity index (χ2n) is 7.09. The number of ether oxygens (including phenoxy) is 1. The van der Waals surface area contributed by atoms with Crippen molar-refractivity contribution in [2.75, 3.05) is 18.6 Å². The van der Waals surface area contributed by atoms with E-state index in [1.165, 1.54) is 18.6 Å². The number of methoxy groups -OCH3 is 1. The van der Waals surface area contributed by atoms with Gasteiger partial charge >= 0.3 is 0 Å². The highest BCUT2D eigenvalue weighted by Gasteiger charge is 2.34. The highest BCUT2D eigenvalue weighted by Crippen LogP contribution is 2.40. The summed E-state index contributed by atoms with van der Waals surface area (Å²) in [5, 5.41) is 4.54. The quantitative estimate of drug-likeness (QED) is 0.556. The molecule has 1 unspecified atom stereocenters. The SMILES string of the molecule is COc1ccc(C(=O)N2CCC(NC(=O)c3ccccc3Cl)c3c(C)nsc32)cc1Cl. The zero-order valence-corrected chi connectivity index (χ0v) is 19.1. The van der Waals surface area contributed by atoms with Gasteiger partial charge in [0.2, 0.25) is 0 Å². The monoisotopic (exact) mass is 475 g/mol. The number of nitrogens with zero attached hydrogens (tertiary/aromatic N) is 2. The normalized spacial score (nSPS) is 15.4. The number of amides is 2. The van der Waals surface area contributed by atoms with Crippen LogP contribution >= 0.6 is 34.7 Å². The number of hydrogen-bond acceptors (Lipinski definition) is 5. The standard InChI is InChI=1S/C22H19Cl2N3O3S/c1-12-19-17(25-20(28)14-5-3-4-6-15(14)23)9-10-27(22(19)31-26-12)21(29)13-7-8-18(30-2)16(24)11-13/h3-8,11,17H,9-10H2,1-2H3,(H,25,28). The van der Waals surface area contributed by atoms with E-state index in [4.69, 9.17) is 27.9 Å². The molecule has 0 saturated heterocycles. The largest absolute Gasteiger partial charge is 0.495 e. The van der Waals surface area contributed by atoms with Crippen molar-refractivity contribution in [3.05, 3.63) is 74.9 Å². The molecule has 9 heteroatoms. The maximum atomic E-state index is 13.2. The van der Waals surface area contributed by atoms with Crippen LogP contribution < -0.4 is 15.0 Å². The van der Waals surface area contributed by atoms with Crippen molar-refractivity contribution < 1.29 is 14.3 Å². The Labute approximate surface area is 193 Å². The van der Waals surface area contributed by atoms with Gasteiger partial charge in [-0.15, -0.1) is 0 Å². The van der Waals surface area contributed by atoms with Crippen LogP contribution in [0.1, 0.15) is 44.4 Å². The van der Waals surface area contributed by atoms with E-state index in [9.17, 15) is 9.59 Å². The van der Waals surface area contributed by atoms with Crippen molar-refractivity contribution in [2.45, 2.75) is 19.4 Å². The van der Waals surface area contributed by atoms with Gasteiger partial charge in [-0.3, -0.25) is 14.5 Å². The Morgan fingerprint density at radius 1 is 1.19 bits per heavy atom. The Balaban J connectivity index is 1.61. The van der Waals surface area contributed by atoms with Crippen LogP contribution in [0.4, 0.5) is 5.00 Å². The first-order chi connectivity index (χ1) is 14.9. The van der Waals surface area contributed by atoms with Crippen molar-refractivity contribution in [3.63, 3.8) is 0 Å². The van der Waals surface area contributed by atoms with Crippen LogP contribution in [0.5, 0.6) is 5.75 Å². The molecule has 0 bridgehead atoms. The molecule has 1 aliphatic heterocycles. The summed E-state index contributed by atoms with van der Waals surface area (Å²) >= 11 is 13.6. The maximum absolute atomic E-state index is 13.2. The van der Waals surface area contributed by atoms with Crippen LogP contribution in [0.3, 0.4) is 0 Å². The van der Waals surface area contributed by atoms with Gasteiger partial charge in [0.15, 0.2) is 0 Å². The predicted molar refractivity (Wildman–Crippen MR) is 123 cm³/mol. The third kappa shape index (κ3) is 4.13. The third-order valence-corrected chi connectivity index (χ3v) is 6.80. The predicted octanol–water partition coefficient (Wildman–Crippen LogP) is 5.29. The summed E-state index contributed by atoms with van der Waals surface area (Å²) in [7, 11) is 1.52. The lowest BCUT2D eigenvalue weighted by Crippen LogP contribution is -2.40. The lowest BCUT2D eigenvalue weighted by atomic mass is 9.98. The molecule has 4 rings (SSSR count). The number of fused-ring (bicyclic) bond motifs is 1. The molecule has 0 radical (unpaired) electrons. The van der Waals surface area contributed by atoms with Gasteiger partial charge in [-0.05, 0) is 55.2 Å². The number of nitrogens with one attached hydrogen (secondary N) is 1. The van der Waals surface area contributed by atoms with E-state index in [1.54, 1.807) is 47.4 Å². The van der Waals surface area contributed by atoms with Gasteiger partial charge in [-0.1, -0.05) is 35.3 Å². The molecule has 31 heavy (non-hydrogen) atoms. The Morgan fingerprint density at radius 2 is 1.97 bits per heavy atom. The van der Waals surface area contributed by atoms with Crippen molar-refractivity contribution in [3.8, 4) is 5.75 Å². The van der Waals surface area contributed by atoms with Crippen LogP contribution in [-0.4, -0.2) is 29.8 Å². The van der Waals surface area contributed by atoms with E-state index in [1.807, 2.05) is 6.92 Å². The highest BCUT2D eigenvalue weighted by molar-refractivity contribution is 7.10. The fourth-order valence-corrected chi connectivity index (χ4v) is 5.10. The molecule has 0 saturated carbocycles. The first-order valence-electron chi connectivity index (χ1n) is 9.57. The van der Waals surface area contributed by atoms with E-state index < -0.39 is 0 Å². The fourth-order valence-electron chi connectivity index (χ4n) is 3.64. The van der Waals surface area contributed by atoms with Gasteiger partial charge in [0.05, 0.1) is 34.5 Å². The summed E-state index contributed by atoms with van der Waals surface area (Å²) in [5.74, 6) is 0.0766. The minimum Gasteiger partial charge on any atom is -0.495 e. The smallest absolute Gasteiger partial charge is 0.258 e. The molecule has 6 nitrogen and oxygen atoms in total. The number of carbonyl (C=O) groups excluding carboxylic acids is 2. The number of rotatable bonds is 4. The maximum Gasteiger partial charge on any atom is 0.258 e. The van der Waals surface area contributed by atoms with Crippen molar-refractivity contribution >= 4 is 51.5 Å². The zero-order chi connectivity index (χ0) is 22.1. The number of halogens is 2. The van der Waals surface area contributed by atoms with Crippen molar-refractivity contribution in [1.82, 2.24) is 9.69 Å². The molecular weight excluding hydrogens is 457 g/mol. The molecule has 2 heterocycles. The van der Waals surface area contributed by atoms with E-state index in [2.05, 4.69) is 9.69 Å². The molecule has 1 aliphatic rings. The van der Waals surface area contributed by atoms with Gasteiger partial charge in [-0.2, -0.15) is 4.37 Å². The Kier molecular flexibility index (Phi) is 6.18. The van der Waals surface area contributed by atoms with Crippen LogP contribution in [0.2, 0.25) is 10.0 Å². The highest BCUT2D eigenvalue weighted by atomic mass is 35.5. The summed E-state index contributed by atoms with van der Waals surface area (Å²) in [6.45, 7) is 2.31. The van der Waals surface area contributed by atoms with Crippen LogP contribution in [0.25, 0.3) is 0 Å².